The van der Waals surface area contributed by atoms with E-state index in [-0.39, 0.29) is 36.2 Å². The summed E-state index contributed by atoms with van der Waals surface area (Å²) >= 11 is 1.66. The second kappa shape index (κ2) is 8.10. The zero-order chi connectivity index (χ0) is 13.8. The number of rotatable bonds is 5. The summed E-state index contributed by atoms with van der Waals surface area (Å²) in [6, 6.07) is -0.278. The van der Waals surface area contributed by atoms with Gasteiger partial charge in [-0.1, -0.05) is 13.8 Å². The molecule has 2 aliphatic heterocycles. The van der Waals surface area contributed by atoms with Crippen molar-refractivity contribution >= 4 is 36.0 Å². The van der Waals surface area contributed by atoms with E-state index in [0.717, 1.165) is 31.8 Å². The Hall–Kier alpha value is -0.460. The lowest BCUT2D eigenvalue weighted by Crippen LogP contribution is -2.53. The Morgan fingerprint density at radius 1 is 1.45 bits per heavy atom. The quantitative estimate of drug-likeness (QED) is 0.782. The van der Waals surface area contributed by atoms with Crippen molar-refractivity contribution in [1.29, 1.82) is 0 Å². The van der Waals surface area contributed by atoms with Crippen LogP contribution < -0.4 is 10.6 Å². The molecule has 2 atom stereocenters. The molecule has 2 saturated heterocycles. The standard InChI is InChI=1S/C13H23N3O2S.ClH/c1-3-9(2)13(18)16-8-19-7-11(16)12(17)15-6-10-4-14-5-10;/h9-11,14H,3-8H2,1-2H3,(H,15,17);1H. The monoisotopic (exact) mass is 321 g/mol. The van der Waals surface area contributed by atoms with Crippen LogP contribution in [0.15, 0.2) is 0 Å². The van der Waals surface area contributed by atoms with Crippen molar-refractivity contribution in [2.45, 2.75) is 26.3 Å². The summed E-state index contributed by atoms with van der Waals surface area (Å²) in [5.41, 5.74) is 0. The zero-order valence-corrected chi connectivity index (χ0v) is 13.7. The molecule has 2 heterocycles. The van der Waals surface area contributed by atoms with E-state index >= 15 is 0 Å². The van der Waals surface area contributed by atoms with Crippen LogP contribution >= 0.6 is 24.2 Å². The highest BCUT2D eigenvalue weighted by Gasteiger charge is 2.36. The Morgan fingerprint density at radius 2 is 2.15 bits per heavy atom. The highest BCUT2D eigenvalue weighted by Crippen LogP contribution is 2.23. The fourth-order valence-electron chi connectivity index (χ4n) is 2.19. The molecule has 2 unspecified atom stereocenters. The van der Waals surface area contributed by atoms with E-state index < -0.39 is 0 Å². The maximum absolute atomic E-state index is 12.2. The van der Waals surface area contributed by atoms with Crippen molar-refractivity contribution in [2.24, 2.45) is 11.8 Å². The van der Waals surface area contributed by atoms with Gasteiger partial charge in [-0.15, -0.1) is 24.2 Å². The molecule has 2 rings (SSSR count). The number of nitrogens with one attached hydrogen (secondary N) is 2. The minimum Gasteiger partial charge on any atom is -0.354 e. The number of carbonyl (C=O) groups is 2. The van der Waals surface area contributed by atoms with E-state index in [1.165, 1.54) is 0 Å². The molecule has 0 aromatic rings. The topological polar surface area (TPSA) is 61.4 Å². The fourth-order valence-corrected chi connectivity index (χ4v) is 3.35. The molecule has 0 spiro atoms. The van der Waals surface area contributed by atoms with Gasteiger partial charge in [0.25, 0.3) is 0 Å². The van der Waals surface area contributed by atoms with Gasteiger partial charge in [-0.2, -0.15) is 0 Å². The van der Waals surface area contributed by atoms with E-state index in [0.29, 0.717) is 11.8 Å². The first-order chi connectivity index (χ1) is 9.13. The van der Waals surface area contributed by atoms with Crippen molar-refractivity contribution in [2.75, 3.05) is 31.3 Å². The first-order valence-electron chi connectivity index (χ1n) is 7.00. The molecule has 0 bridgehead atoms. The van der Waals surface area contributed by atoms with Gasteiger partial charge < -0.3 is 15.5 Å². The molecule has 0 saturated carbocycles. The van der Waals surface area contributed by atoms with Gasteiger partial charge in [-0.25, -0.2) is 0 Å². The minimum absolute atomic E-state index is 0. The predicted molar refractivity (Wildman–Crippen MR) is 84.0 cm³/mol. The zero-order valence-electron chi connectivity index (χ0n) is 12.1. The van der Waals surface area contributed by atoms with Gasteiger partial charge >= 0.3 is 0 Å². The largest absolute Gasteiger partial charge is 0.354 e. The van der Waals surface area contributed by atoms with Gasteiger partial charge in [-0.05, 0) is 6.42 Å². The van der Waals surface area contributed by atoms with Crippen molar-refractivity contribution in [1.82, 2.24) is 15.5 Å². The highest BCUT2D eigenvalue weighted by atomic mass is 35.5. The highest BCUT2D eigenvalue weighted by molar-refractivity contribution is 7.99. The summed E-state index contributed by atoms with van der Waals surface area (Å²) in [6.07, 6.45) is 0.822. The molecule has 2 N–H and O–H groups in total. The molecule has 20 heavy (non-hydrogen) atoms. The van der Waals surface area contributed by atoms with Crippen molar-refractivity contribution in [3.05, 3.63) is 0 Å². The summed E-state index contributed by atoms with van der Waals surface area (Å²) in [5, 5.41) is 6.17. The Bertz CT molecular complexity index is 353. The maximum Gasteiger partial charge on any atom is 0.243 e. The maximum atomic E-state index is 12.2. The lowest BCUT2D eigenvalue weighted by Gasteiger charge is -2.29. The molecule has 2 fully saturated rings. The second-order valence-corrected chi connectivity index (χ2v) is 6.40. The van der Waals surface area contributed by atoms with Crippen LogP contribution in [-0.2, 0) is 9.59 Å². The van der Waals surface area contributed by atoms with E-state index in [1.54, 1.807) is 16.7 Å². The molecular formula is C13H24ClN3O2S. The molecule has 0 aliphatic carbocycles. The summed E-state index contributed by atoms with van der Waals surface area (Å²) in [7, 11) is 0. The average Bonchev–Trinajstić information content (AvgIpc) is 2.84. The summed E-state index contributed by atoms with van der Waals surface area (Å²) in [6.45, 7) is 6.62. The van der Waals surface area contributed by atoms with Crippen LogP contribution in [0.3, 0.4) is 0 Å². The Balaban J connectivity index is 0.00000200. The van der Waals surface area contributed by atoms with Crippen LogP contribution in [0.4, 0.5) is 0 Å². The molecule has 116 valence electrons. The third-order valence-electron chi connectivity index (χ3n) is 3.93. The fraction of sp³-hybridized carbons (Fsp3) is 0.846. The predicted octanol–water partition coefficient (Wildman–Crippen LogP) is 0.691. The number of carbonyl (C=O) groups excluding carboxylic acids is 2. The van der Waals surface area contributed by atoms with Gasteiger partial charge in [0.1, 0.15) is 6.04 Å². The molecule has 2 amide bonds. The third kappa shape index (κ3) is 4.02. The molecule has 0 aromatic heterocycles. The third-order valence-corrected chi connectivity index (χ3v) is 4.95. The Kier molecular flexibility index (Phi) is 7.12. The number of hydrogen-bond donors (Lipinski definition) is 2. The summed E-state index contributed by atoms with van der Waals surface area (Å²) in [5.74, 6) is 2.04. The first-order valence-corrected chi connectivity index (χ1v) is 8.15. The molecule has 0 radical (unpaired) electrons. The number of halogens is 1. The van der Waals surface area contributed by atoms with Gasteiger partial charge in [0.15, 0.2) is 0 Å². The lowest BCUT2D eigenvalue weighted by molar-refractivity contribution is -0.140. The number of nitrogens with zero attached hydrogens (tertiary/aromatic N) is 1. The Morgan fingerprint density at radius 3 is 2.70 bits per heavy atom. The van der Waals surface area contributed by atoms with Gasteiger partial charge in [-0.3, -0.25) is 9.59 Å². The summed E-state index contributed by atoms with van der Waals surface area (Å²) in [4.78, 5) is 26.1. The van der Waals surface area contributed by atoms with Gasteiger partial charge in [0.2, 0.25) is 11.8 Å². The molecule has 0 aromatic carbocycles. The second-order valence-electron chi connectivity index (χ2n) is 5.40. The normalized spacial score (nSPS) is 23.7. The van der Waals surface area contributed by atoms with Crippen LogP contribution in [0, 0.1) is 11.8 Å². The van der Waals surface area contributed by atoms with Gasteiger partial charge in [0.05, 0.1) is 5.88 Å². The molecule has 2 aliphatic rings. The number of amides is 2. The SMILES string of the molecule is CCC(C)C(=O)N1CSCC1C(=O)NCC1CNC1.Cl. The van der Waals surface area contributed by atoms with Crippen molar-refractivity contribution in [3.8, 4) is 0 Å². The van der Waals surface area contributed by atoms with E-state index in [2.05, 4.69) is 10.6 Å². The number of hydrogen-bond acceptors (Lipinski definition) is 4. The van der Waals surface area contributed by atoms with E-state index in [1.807, 2.05) is 13.8 Å². The van der Waals surface area contributed by atoms with Crippen LogP contribution in [0.2, 0.25) is 0 Å². The summed E-state index contributed by atoms with van der Waals surface area (Å²) < 4.78 is 0. The first kappa shape index (κ1) is 17.6. The lowest BCUT2D eigenvalue weighted by atomic mass is 10.0. The van der Waals surface area contributed by atoms with Crippen LogP contribution in [0.25, 0.3) is 0 Å². The van der Waals surface area contributed by atoms with E-state index in [4.69, 9.17) is 0 Å². The van der Waals surface area contributed by atoms with Gasteiger partial charge in [0, 0.05) is 37.2 Å². The smallest absolute Gasteiger partial charge is 0.243 e. The minimum atomic E-state index is -0.278. The molecular weight excluding hydrogens is 298 g/mol. The van der Waals surface area contributed by atoms with E-state index in [9.17, 15) is 9.59 Å². The molecule has 5 nitrogen and oxygen atoms in total. The Labute approximate surface area is 131 Å². The number of thioether (sulfide) groups is 1. The van der Waals surface area contributed by atoms with Crippen LogP contribution in [0.1, 0.15) is 20.3 Å². The van der Waals surface area contributed by atoms with Crippen LogP contribution in [0.5, 0.6) is 0 Å². The van der Waals surface area contributed by atoms with Crippen molar-refractivity contribution in [3.63, 3.8) is 0 Å². The molecule has 7 heteroatoms. The van der Waals surface area contributed by atoms with Crippen LogP contribution in [-0.4, -0.2) is 54.0 Å². The van der Waals surface area contributed by atoms with Crippen molar-refractivity contribution < 1.29 is 9.59 Å². The average molecular weight is 322 g/mol.